The lowest BCUT2D eigenvalue weighted by Crippen LogP contribution is -2.32. The van der Waals surface area contributed by atoms with Crippen LogP contribution in [-0.4, -0.2) is 37.6 Å². The summed E-state index contributed by atoms with van der Waals surface area (Å²) in [6.45, 7) is 5.29. The number of carboxylic acids is 1. The fourth-order valence-electron chi connectivity index (χ4n) is 3.62. The summed E-state index contributed by atoms with van der Waals surface area (Å²) in [7, 11) is 0. The second kappa shape index (κ2) is 8.62. The number of nitrogens with zero attached hydrogens (tertiary/aromatic N) is 3. The first-order valence-electron chi connectivity index (χ1n) is 10.2. The standard InChI is InChI=1S/C24H22N4O5/c1-14-12-17(13-25-28-22(29)20-6-4-5-7-21(20)26-24(28)32)15(2)27(14)18-8-10-19(11-9-18)33-16(3)23(30)31/h4-13,16H,1-3H3,(H,26,32)(H,30,31). The van der Waals surface area contributed by atoms with E-state index in [4.69, 9.17) is 9.84 Å². The Labute approximate surface area is 188 Å². The molecule has 2 N–H and O–H groups in total. The highest BCUT2D eigenvalue weighted by Gasteiger charge is 2.14. The van der Waals surface area contributed by atoms with Crippen LogP contribution in [0.4, 0.5) is 0 Å². The second-order valence-electron chi connectivity index (χ2n) is 7.59. The smallest absolute Gasteiger partial charge is 0.349 e. The fourth-order valence-corrected chi connectivity index (χ4v) is 3.62. The number of fused-ring (bicyclic) bond motifs is 1. The van der Waals surface area contributed by atoms with Crippen molar-refractivity contribution in [1.82, 2.24) is 14.2 Å². The van der Waals surface area contributed by atoms with Crippen LogP contribution in [0.15, 0.2) is 69.3 Å². The normalized spacial score (nSPS) is 12.3. The summed E-state index contributed by atoms with van der Waals surface area (Å²) in [6.07, 6.45) is 0.534. The van der Waals surface area contributed by atoms with E-state index in [1.165, 1.54) is 13.1 Å². The van der Waals surface area contributed by atoms with Crippen molar-refractivity contribution in [3.8, 4) is 11.4 Å². The quantitative estimate of drug-likeness (QED) is 0.442. The van der Waals surface area contributed by atoms with Crippen LogP contribution in [0.3, 0.4) is 0 Å². The third-order valence-electron chi connectivity index (χ3n) is 5.32. The Balaban J connectivity index is 1.66. The molecule has 0 bridgehead atoms. The van der Waals surface area contributed by atoms with Crippen LogP contribution in [0.5, 0.6) is 5.75 Å². The highest BCUT2D eigenvalue weighted by Crippen LogP contribution is 2.22. The van der Waals surface area contributed by atoms with Gasteiger partial charge in [-0.2, -0.15) is 5.10 Å². The predicted molar refractivity (Wildman–Crippen MR) is 125 cm³/mol. The summed E-state index contributed by atoms with van der Waals surface area (Å²) in [5.41, 5.74) is 2.71. The van der Waals surface area contributed by atoms with Crippen molar-refractivity contribution in [2.75, 3.05) is 0 Å². The summed E-state index contributed by atoms with van der Waals surface area (Å²) < 4.78 is 8.17. The third kappa shape index (κ3) is 4.20. The van der Waals surface area contributed by atoms with Gasteiger partial charge in [-0.15, -0.1) is 4.68 Å². The molecule has 0 saturated carbocycles. The van der Waals surface area contributed by atoms with Crippen molar-refractivity contribution in [1.29, 1.82) is 0 Å². The number of carboxylic acid groups (broad SMARTS) is 1. The predicted octanol–water partition coefficient (Wildman–Crippen LogP) is 2.83. The van der Waals surface area contributed by atoms with Crippen molar-refractivity contribution in [2.24, 2.45) is 5.10 Å². The molecule has 1 unspecified atom stereocenters. The molecular weight excluding hydrogens is 424 g/mol. The summed E-state index contributed by atoms with van der Waals surface area (Å²) in [4.78, 5) is 38.6. The van der Waals surface area contributed by atoms with Gasteiger partial charge in [0.05, 0.1) is 17.1 Å². The largest absolute Gasteiger partial charge is 0.479 e. The van der Waals surface area contributed by atoms with E-state index >= 15 is 0 Å². The zero-order valence-electron chi connectivity index (χ0n) is 18.3. The van der Waals surface area contributed by atoms with Crippen LogP contribution in [0, 0.1) is 13.8 Å². The Kier molecular flexibility index (Phi) is 5.70. The van der Waals surface area contributed by atoms with E-state index in [0.717, 1.165) is 27.3 Å². The first-order valence-corrected chi connectivity index (χ1v) is 10.2. The van der Waals surface area contributed by atoms with Crippen molar-refractivity contribution in [3.05, 3.63) is 92.4 Å². The van der Waals surface area contributed by atoms with Gasteiger partial charge in [-0.1, -0.05) is 12.1 Å². The minimum atomic E-state index is -1.04. The maximum absolute atomic E-state index is 12.7. The Morgan fingerprint density at radius 1 is 1.12 bits per heavy atom. The Bertz CT molecular complexity index is 1490. The lowest BCUT2D eigenvalue weighted by atomic mass is 10.2. The topological polar surface area (TPSA) is 119 Å². The molecule has 0 fully saturated rings. The van der Waals surface area contributed by atoms with Gasteiger partial charge in [-0.25, -0.2) is 9.59 Å². The van der Waals surface area contributed by atoms with Gasteiger partial charge in [0, 0.05) is 22.6 Å². The first kappa shape index (κ1) is 21.8. The van der Waals surface area contributed by atoms with E-state index in [9.17, 15) is 14.4 Å². The third-order valence-corrected chi connectivity index (χ3v) is 5.32. The Morgan fingerprint density at radius 3 is 2.52 bits per heavy atom. The number of para-hydroxylation sites is 1. The van der Waals surface area contributed by atoms with Crippen LogP contribution in [0.2, 0.25) is 0 Å². The molecule has 9 heteroatoms. The van der Waals surface area contributed by atoms with Gasteiger partial charge < -0.3 is 19.4 Å². The SMILES string of the molecule is Cc1cc(C=Nn2c(=O)[nH]c3ccccc3c2=O)c(C)n1-c1ccc(OC(C)C(=O)O)cc1. The average Bonchev–Trinajstić information content (AvgIpc) is 3.07. The minimum Gasteiger partial charge on any atom is -0.479 e. The molecule has 9 nitrogen and oxygen atoms in total. The molecule has 4 aromatic rings. The number of aromatic nitrogens is 3. The highest BCUT2D eigenvalue weighted by molar-refractivity contribution is 5.82. The molecule has 0 aliphatic rings. The number of ether oxygens (including phenoxy) is 1. The molecular formula is C24H22N4O5. The molecule has 1 atom stereocenters. The fraction of sp³-hybridized carbons (Fsp3) is 0.167. The monoisotopic (exact) mass is 446 g/mol. The summed E-state index contributed by atoms with van der Waals surface area (Å²) >= 11 is 0. The van der Waals surface area contributed by atoms with Crippen molar-refractivity contribution in [2.45, 2.75) is 26.9 Å². The second-order valence-corrected chi connectivity index (χ2v) is 7.59. The van der Waals surface area contributed by atoms with Crippen molar-refractivity contribution in [3.63, 3.8) is 0 Å². The molecule has 2 aromatic carbocycles. The van der Waals surface area contributed by atoms with Crippen LogP contribution in [0.1, 0.15) is 23.9 Å². The van der Waals surface area contributed by atoms with Gasteiger partial charge in [0.1, 0.15) is 5.75 Å². The summed E-state index contributed by atoms with van der Waals surface area (Å²) in [5, 5.41) is 13.5. The maximum atomic E-state index is 12.7. The number of hydrogen-bond acceptors (Lipinski definition) is 5. The lowest BCUT2D eigenvalue weighted by Gasteiger charge is -2.13. The molecule has 0 aliphatic heterocycles. The molecule has 33 heavy (non-hydrogen) atoms. The number of benzene rings is 2. The number of aliphatic carboxylic acids is 1. The van der Waals surface area contributed by atoms with Gasteiger partial charge in [-0.3, -0.25) is 4.79 Å². The molecule has 168 valence electrons. The molecule has 0 radical (unpaired) electrons. The number of aromatic amines is 1. The van der Waals surface area contributed by atoms with Crippen LogP contribution < -0.4 is 16.0 Å². The lowest BCUT2D eigenvalue weighted by molar-refractivity contribution is -0.144. The van der Waals surface area contributed by atoms with Gasteiger partial charge in [-0.05, 0) is 63.2 Å². The highest BCUT2D eigenvalue weighted by atomic mass is 16.5. The molecule has 0 spiro atoms. The summed E-state index contributed by atoms with van der Waals surface area (Å²) in [6, 6.07) is 15.7. The number of H-pyrrole nitrogens is 1. The summed E-state index contributed by atoms with van der Waals surface area (Å²) in [5.74, 6) is -0.586. The maximum Gasteiger partial charge on any atom is 0.349 e. The van der Waals surface area contributed by atoms with E-state index in [1.54, 1.807) is 36.4 Å². The van der Waals surface area contributed by atoms with E-state index in [-0.39, 0.29) is 0 Å². The Morgan fingerprint density at radius 2 is 1.82 bits per heavy atom. The van der Waals surface area contributed by atoms with E-state index in [1.807, 2.05) is 36.6 Å². The van der Waals surface area contributed by atoms with E-state index < -0.39 is 23.3 Å². The van der Waals surface area contributed by atoms with Crippen molar-refractivity contribution >= 4 is 23.1 Å². The number of carbonyl (C=O) groups is 1. The zero-order valence-corrected chi connectivity index (χ0v) is 18.3. The van der Waals surface area contributed by atoms with E-state index in [2.05, 4.69) is 10.1 Å². The van der Waals surface area contributed by atoms with Gasteiger partial charge >= 0.3 is 11.7 Å². The zero-order chi connectivity index (χ0) is 23.7. The van der Waals surface area contributed by atoms with E-state index in [0.29, 0.717) is 16.7 Å². The molecule has 0 amide bonds. The first-order chi connectivity index (χ1) is 15.8. The molecule has 0 aliphatic carbocycles. The van der Waals surface area contributed by atoms with Crippen molar-refractivity contribution < 1.29 is 14.6 Å². The molecule has 2 aromatic heterocycles. The molecule has 0 saturated heterocycles. The van der Waals surface area contributed by atoms with Gasteiger partial charge in [0.2, 0.25) is 0 Å². The molecule has 4 rings (SSSR count). The van der Waals surface area contributed by atoms with Crippen LogP contribution in [-0.2, 0) is 4.79 Å². The van der Waals surface area contributed by atoms with Gasteiger partial charge in [0.25, 0.3) is 5.56 Å². The average molecular weight is 446 g/mol. The van der Waals surface area contributed by atoms with Gasteiger partial charge in [0.15, 0.2) is 6.10 Å². The molecule has 2 heterocycles. The number of hydrogen-bond donors (Lipinski definition) is 2. The number of nitrogens with one attached hydrogen (secondary N) is 1. The van der Waals surface area contributed by atoms with Crippen LogP contribution >= 0.6 is 0 Å². The minimum absolute atomic E-state index is 0.374. The Hall–Kier alpha value is -4.40. The number of aryl methyl sites for hydroxylation is 1. The number of rotatable bonds is 6. The van der Waals surface area contributed by atoms with Crippen LogP contribution in [0.25, 0.3) is 16.6 Å².